The number of hydrogen-bond acceptors (Lipinski definition) is 6. The van der Waals surface area contributed by atoms with Gasteiger partial charge in [-0.15, -0.1) is 10.2 Å². The number of rotatable bonds is 3. The van der Waals surface area contributed by atoms with Crippen LogP contribution in [0.25, 0.3) is 0 Å². The van der Waals surface area contributed by atoms with E-state index in [1.807, 2.05) is 6.92 Å². The van der Waals surface area contributed by atoms with Crippen LogP contribution in [-0.4, -0.2) is 59.1 Å². The third kappa shape index (κ3) is 2.98. The van der Waals surface area contributed by atoms with E-state index in [9.17, 15) is 18.0 Å². The molecule has 2 bridgehead atoms. The second-order valence-corrected chi connectivity index (χ2v) is 6.91. The van der Waals surface area contributed by atoms with Crippen LogP contribution in [0.2, 0.25) is 0 Å². The first-order chi connectivity index (χ1) is 12.4. The van der Waals surface area contributed by atoms with Gasteiger partial charge >= 0.3 is 6.18 Å². The van der Waals surface area contributed by atoms with Crippen molar-refractivity contribution in [2.24, 2.45) is 11.8 Å². The lowest BCUT2D eigenvalue weighted by Crippen LogP contribution is -2.51. The van der Waals surface area contributed by atoms with Crippen LogP contribution in [-0.2, 0) is 20.7 Å². The van der Waals surface area contributed by atoms with Gasteiger partial charge in [-0.2, -0.15) is 13.2 Å². The summed E-state index contributed by atoms with van der Waals surface area (Å²) in [6.45, 7) is 2.41. The van der Waals surface area contributed by atoms with Crippen molar-refractivity contribution in [2.75, 3.05) is 19.7 Å². The van der Waals surface area contributed by atoms with Crippen LogP contribution >= 0.6 is 0 Å². The van der Waals surface area contributed by atoms with Crippen LogP contribution in [0.3, 0.4) is 0 Å². The van der Waals surface area contributed by atoms with Gasteiger partial charge in [-0.3, -0.25) is 4.79 Å². The van der Waals surface area contributed by atoms with Gasteiger partial charge in [0.25, 0.3) is 0 Å². The van der Waals surface area contributed by atoms with Gasteiger partial charge in [0.15, 0.2) is 6.10 Å². The Morgan fingerprint density at radius 1 is 1.27 bits per heavy atom. The first-order valence-electron chi connectivity index (χ1n) is 8.83. The van der Waals surface area contributed by atoms with Crippen molar-refractivity contribution in [2.45, 2.75) is 50.7 Å². The van der Waals surface area contributed by atoms with Crippen molar-refractivity contribution in [3.63, 3.8) is 0 Å². The monoisotopic (exact) mass is 375 g/mol. The van der Waals surface area contributed by atoms with Crippen molar-refractivity contribution < 1.29 is 31.9 Å². The Kier molecular flexibility index (Phi) is 4.42. The summed E-state index contributed by atoms with van der Waals surface area (Å²) >= 11 is 0. The molecule has 5 atom stereocenters. The standard InChI is InChI=1S/C16H20F3N3O4/c1-2-11-20-21-14(26-11)10-7-22(5-6-24-10)15(23)12-8-3-4-9(25-8)13(12)16(17,18)19/h8-10,12-13H,2-7H2,1H3. The van der Waals surface area contributed by atoms with Gasteiger partial charge in [0, 0.05) is 13.0 Å². The number of nitrogens with zero attached hydrogens (tertiary/aromatic N) is 3. The molecule has 1 amide bonds. The van der Waals surface area contributed by atoms with Gasteiger partial charge in [0.05, 0.1) is 37.2 Å². The van der Waals surface area contributed by atoms with Crippen molar-refractivity contribution in [1.29, 1.82) is 0 Å². The second kappa shape index (κ2) is 6.49. The molecule has 0 radical (unpaired) electrons. The maximum absolute atomic E-state index is 13.5. The fourth-order valence-electron chi connectivity index (χ4n) is 4.16. The highest BCUT2D eigenvalue weighted by molar-refractivity contribution is 5.80. The molecule has 0 spiro atoms. The summed E-state index contributed by atoms with van der Waals surface area (Å²) in [5.74, 6) is -2.74. The van der Waals surface area contributed by atoms with Crippen LogP contribution in [0.1, 0.15) is 37.7 Å². The van der Waals surface area contributed by atoms with E-state index < -0.39 is 42.2 Å². The average Bonchev–Trinajstić information content (AvgIpc) is 3.35. The molecule has 10 heteroatoms. The number of alkyl halides is 3. The maximum atomic E-state index is 13.5. The number of hydrogen-bond donors (Lipinski definition) is 0. The number of morpholine rings is 1. The summed E-state index contributed by atoms with van der Waals surface area (Å²) in [6, 6.07) is 0. The molecule has 1 aromatic rings. The highest BCUT2D eigenvalue weighted by Gasteiger charge is 2.63. The smallest absolute Gasteiger partial charge is 0.395 e. The van der Waals surface area contributed by atoms with E-state index in [1.54, 1.807) is 0 Å². The van der Waals surface area contributed by atoms with Crippen LogP contribution in [0.4, 0.5) is 13.2 Å². The zero-order valence-electron chi connectivity index (χ0n) is 14.2. The molecular weight excluding hydrogens is 355 g/mol. The summed E-state index contributed by atoms with van der Waals surface area (Å²) in [5, 5.41) is 7.77. The van der Waals surface area contributed by atoms with E-state index in [-0.39, 0.29) is 25.6 Å². The minimum Gasteiger partial charge on any atom is -0.422 e. The fourth-order valence-corrected chi connectivity index (χ4v) is 4.16. The molecule has 0 saturated carbocycles. The number of aromatic nitrogens is 2. The van der Waals surface area contributed by atoms with E-state index in [2.05, 4.69) is 10.2 Å². The van der Waals surface area contributed by atoms with Gasteiger partial charge in [0.1, 0.15) is 0 Å². The highest BCUT2D eigenvalue weighted by atomic mass is 19.4. The van der Waals surface area contributed by atoms with E-state index in [1.165, 1.54) is 4.90 Å². The number of ether oxygens (including phenoxy) is 2. The largest absolute Gasteiger partial charge is 0.422 e. The normalized spacial score (nSPS) is 34.5. The Hall–Kier alpha value is -1.68. The lowest BCUT2D eigenvalue weighted by Gasteiger charge is -2.36. The van der Waals surface area contributed by atoms with Crippen LogP contribution in [0.5, 0.6) is 0 Å². The molecule has 3 saturated heterocycles. The Morgan fingerprint density at radius 2 is 2.04 bits per heavy atom. The molecule has 3 aliphatic rings. The first-order valence-corrected chi connectivity index (χ1v) is 8.83. The van der Waals surface area contributed by atoms with Gasteiger partial charge in [0.2, 0.25) is 17.7 Å². The minimum atomic E-state index is -4.45. The maximum Gasteiger partial charge on any atom is 0.395 e. The fraction of sp³-hybridized carbons (Fsp3) is 0.812. The van der Waals surface area contributed by atoms with Gasteiger partial charge in [-0.25, -0.2) is 0 Å². The number of carbonyl (C=O) groups is 1. The topological polar surface area (TPSA) is 77.7 Å². The molecule has 5 unspecified atom stereocenters. The van der Waals surface area contributed by atoms with E-state index >= 15 is 0 Å². The highest BCUT2D eigenvalue weighted by Crippen LogP contribution is 2.51. The van der Waals surface area contributed by atoms with Crippen molar-refractivity contribution in [3.8, 4) is 0 Å². The van der Waals surface area contributed by atoms with E-state index in [4.69, 9.17) is 13.9 Å². The minimum absolute atomic E-state index is 0.0998. The summed E-state index contributed by atoms with van der Waals surface area (Å²) in [7, 11) is 0. The molecule has 0 aromatic carbocycles. The third-order valence-electron chi connectivity index (χ3n) is 5.37. The Bertz CT molecular complexity index is 680. The summed E-state index contributed by atoms with van der Waals surface area (Å²) in [4.78, 5) is 14.3. The van der Waals surface area contributed by atoms with Crippen molar-refractivity contribution >= 4 is 5.91 Å². The molecule has 144 valence electrons. The number of halogens is 3. The number of fused-ring (bicyclic) bond motifs is 2. The molecule has 4 heterocycles. The molecule has 26 heavy (non-hydrogen) atoms. The van der Waals surface area contributed by atoms with Gasteiger partial charge in [-0.1, -0.05) is 6.92 Å². The van der Waals surface area contributed by atoms with Crippen LogP contribution in [0, 0.1) is 11.8 Å². The molecule has 0 aliphatic carbocycles. The summed E-state index contributed by atoms with van der Waals surface area (Å²) in [6.07, 6.45) is -5.22. The molecule has 0 N–H and O–H groups in total. The first kappa shape index (κ1) is 17.7. The zero-order chi connectivity index (χ0) is 18.5. The average molecular weight is 375 g/mol. The van der Waals surface area contributed by atoms with Gasteiger partial charge < -0.3 is 18.8 Å². The predicted octanol–water partition coefficient (Wildman–Crippen LogP) is 1.89. The number of carbonyl (C=O) groups excluding carboxylic acids is 1. The molecule has 3 fully saturated rings. The Morgan fingerprint density at radius 3 is 2.73 bits per heavy atom. The van der Waals surface area contributed by atoms with Gasteiger partial charge in [-0.05, 0) is 12.8 Å². The van der Waals surface area contributed by atoms with E-state index in [0.717, 1.165) is 0 Å². The SMILES string of the molecule is CCc1nnc(C2CN(C(=O)C3C4CCC(O4)C3C(F)(F)F)CCO2)o1. The molecule has 7 nitrogen and oxygen atoms in total. The summed E-state index contributed by atoms with van der Waals surface area (Å²) in [5.41, 5.74) is 0. The number of amides is 1. The lowest BCUT2D eigenvalue weighted by molar-refractivity contribution is -0.200. The Balaban J connectivity index is 1.50. The predicted molar refractivity (Wildman–Crippen MR) is 79.9 cm³/mol. The lowest BCUT2D eigenvalue weighted by atomic mass is 9.78. The van der Waals surface area contributed by atoms with E-state index in [0.29, 0.717) is 25.2 Å². The molecule has 4 rings (SSSR count). The molecule has 1 aromatic heterocycles. The quantitative estimate of drug-likeness (QED) is 0.803. The Labute approximate surface area is 147 Å². The molecule has 3 aliphatic heterocycles. The van der Waals surface area contributed by atoms with Crippen molar-refractivity contribution in [3.05, 3.63) is 11.8 Å². The van der Waals surface area contributed by atoms with Crippen molar-refractivity contribution in [1.82, 2.24) is 15.1 Å². The molecular formula is C16H20F3N3O4. The van der Waals surface area contributed by atoms with Crippen LogP contribution < -0.4 is 0 Å². The number of aryl methyl sites for hydroxylation is 1. The zero-order valence-corrected chi connectivity index (χ0v) is 14.2. The second-order valence-electron chi connectivity index (χ2n) is 6.91. The summed E-state index contributed by atoms with van der Waals surface area (Å²) < 4.78 is 56.9. The third-order valence-corrected chi connectivity index (χ3v) is 5.37. The van der Waals surface area contributed by atoms with Crippen LogP contribution in [0.15, 0.2) is 4.42 Å².